The Labute approximate surface area is 116 Å². The van der Waals surface area contributed by atoms with Gasteiger partial charge in [0.2, 0.25) is 0 Å². The molecular weight excluding hydrogens is 264 g/mol. The predicted molar refractivity (Wildman–Crippen MR) is 74.2 cm³/mol. The van der Waals surface area contributed by atoms with E-state index in [2.05, 4.69) is 22.1 Å². The summed E-state index contributed by atoms with van der Waals surface area (Å²) in [6.07, 6.45) is 3.50. The lowest BCUT2D eigenvalue weighted by Gasteiger charge is -2.36. The van der Waals surface area contributed by atoms with Crippen molar-refractivity contribution in [2.45, 2.75) is 25.0 Å². The van der Waals surface area contributed by atoms with Gasteiger partial charge in [0.25, 0.3) is 0 Å². The molecule has 3 heterocycles. The van der Waals surface area contributed by atoms with Gasteiger partial charge in [-0.15, -0.1) is 10.2 Å². The van der Waals surface area contributed by atoms with E-state index in [1.54, 1.807) is 6.07 Å². The number of halogens is 1. The third kappa shape index (κ3) is 2.59. The first-order valence-electron chi connectivity index (χ1n) is 6.45. The number of aromatic nitrogens is 3. The van der Waals surface area contributed by atoms with Crippen LogP contribution in [0.5, 0.6) is 0 Å². The molecule has 0 bridgehead atoms. The van der Waals surface area contributed by atoms with Crippen LogP contribution in [0.3, 0.4) is 0 Å². The fraction of sp³-hybridized carbons (Fsp3) is 0.538. The zero-order chi connectivity index (χ0) is 13.5. The van der Waals surface area contributed by atoms with E-state index in [0.29, 0.717) is 11.7 Å². The molecule has 1 saturated heterocycles. The van der Waals surface area contributed by atoms with Crippen LogP contribution in [-0.2, 0) is 6.54 Å². The Hall–Kier alpha value is -1.17. The van der Waals surface area contributed by atoms with E-state index in [4.69, 9.17) is 11.6 Å². The normalized spacial score (nSPS) is 19.9. The van der Waals surface area contributed by atoms with E-state index < -0.39 is 5.60 Å². The predicted octanol–water partition coefficient (Wildman–Crippen LogP) is 1.54. The number of likely N-dealkylation sites (tertiary alicyclic amines) is 1. The molecule has 0 aliphatic carbocycles. The first kappa shape index (κ1) is 12.8. The van der Waals surface area contributed by atoms with Gasteiger partial charge in [-0.2, -0.15) is 0 Å². The first-order valence-corrected chi connectivity index (χ1v) is 6.83. The maximum atomic E-state index is 10.7. The molecule has 6 heteroatoms. The summed E-state index contributed by atoms with van der Waals surface area (Å²) in [5.41, 5.74) is 0.122. The van der Waals surface area contributed by atoms with Crippen molar-refractivity contribution >= 4 is 22.6 Å². The third-order valence-corrected chi connectivity index (χ3v) is 4.05. The summed E-state index contributed by atoms with van der Waals surface area (Å²) in [5.74, 6) is 0. The van der Waals surface area contributed by atoms with Crippen molar-refractivity contribution in [2.75, 3.05) is 20.1 Å². The molecule has 0 radical (unpaired) electrons. The van der Waals surface area contributed by atoms with Crippen LogP contribution in [0.1, 0.15) is 12.8 Å². The van der Waals surface area contributed by atoms with Crippen LogP contribution < -0.4 is 0 Å². The number of hydrogen-bond donors (Lipinski definition) is 1. The molecule has 3 rings (SSSR count). The number of nitrogens with zero attached hydrogens (tertiary/aromatic N) is 4. The SMILES string of the molecule is CN1CCC(O)(Cn2ccc3cc(Cl)nnc32)CC1. The van der Waals surface area contributed by atoms with Gasteiger partial charge in [0.05, 0.1) is 12.1 Å². The highest BCUT2D eigenvalue weighted by molar-refractivity contribution is 6.29. The molecule has 0 amide bonds. The highest BCUT2D eigenvalue weighted by Gasteiger charge is 2.31. The van der Waals surface area contributed by atoms with Gasteiger partial charge in [-0.1, -0.05) is 11.6 Å². The van der Waals surface area contributed by atoms with Crippen molar-refractivity contribution in [1.82, 2.24) is 19.7 Å². The maximum Gasteiger partial charge on any atom is 0.162 e. The molecular formula is C13H17ClN4O. The van der Waals surface area contributed by atoms with Crippen molar-refractivity contribution in [3.63, 3.8) is 0 Å². The summed E-state index contributed by atoms with van der Waals surface area (Å²) in [5, 5.41) is 20.0. The summed E-state index contributed by atoms with van der Waals surface area (Å²) in [4.78, 5) is 2.24. The van der Waals surface area contributed by atoms with Crippen LogP contribution in [0, 0.1) is 0 Å². The minimum absolute atomic E-state index is 0.392. The molecule has 1 aliphatic heterocycles. The van der Waals surface area contributed by atoms with Crippen molar-refractivity contribution < 1.29 is 5.11 Å². The topological polar surface area (TPSA) is 54.2 Å². The number of fused-ring (bicyclic) bond motifs is 1. The molecule has 0 aromatic carbocycles. The fourth-order valence-corrected chi connectivity index (χ4v) is 2.75. The average Bonchev–Trinajstić information content (AvgIpc) is 2.76. The molecule has 0 saturated carbocycles. The van der Waals surface area contributed by atoms with Crippen molar-refractivity contribution in [3.8, 4) is 0 Å². The molecule has 2 aromatic rings. The summed E-state index contributed by atoms with van der Waals surface area (Å²) < 4.78 is 1.96. The zero-order valence-electron chi connectivity index (χ0n) is 10.9. The van der Waals surface area contributed by atoms with Crippen molar-refractivity contribution in [2.24, 2.45) is 0 Å². The molecule has 1 N–H and O–H groups in total. The second kappa shape index (κ2) is 4.74. The summed E-state index contributed by atoms with van der Waals surface area (Å²) in [7, 11) is 2.08. The summed E-state index contributed by atoms with van der Waals surface area (Å²) in [6, 6.07) is 3.74. The second-order valence-corrected chi connectivity index (χ2v) is 5.80. The number of rotatable bonds is 2. The van der Waals surface area contributed by atoms with E-state index in [-0.39, 0.29) is 0 Å². The lowest BCUT2D eigenvalue weighted by molar-refractivity contribution is -0.0283. The Bertz CT molecular complexity index is 589. The van der Waals surface area contributed by atoms with Gasteiger partial charge in [-0.25, -0.2) is 0 Å². The van der Waals surface area contributed by atoms with E-state index in [1.165, 1.54) is 0 Å². The lowest BCUT2D eigenvalue weighted by atomic mass is 9.91. The molecule has 0 spiro atoms. The Balaban J connectivity index is 1.85. The zero-order valence-corrected chi connectivity index (χ0v) is 11.6. The first-order chi connectivity index (χ1) is 9.06. The van der Waals surface area contributed by atoms with Gasteiger partial charge in [-0.05, 0) is 32.0 Å². The Morgan fingerprint density at radius 1 is 1.37 bits per heavy atom. The van der Waals surface area contributed by atoms with Crippen molar-refractivity contribution in [3.05, 3.63) is 23.5 Å². The average molecular weight is 281 g/mol. The Morgan fingerprint density at radius 3 is 2.84 bits per heavy atom. The van der Waals surface area contributed by atoms with Crippen LogP contribution in [0.15, 0.2) is 18.3 Å². The Kier molecular flexibility index (Phi) is 3.20. The lowest BCUT2D eigenvalue weighted by Crippen LogP contribution is -2.45. The quantitative estimate of drug-likeness (QED) is 0.907. The van der Waals surface area contributed by atoms with Gasteiger partial charge in [0.15, 0.2) is 10.8 Å². The molecule has 1 fully saturated rings. The Morgan fingerprint density at radius 2 is 2.11 bits per heavy atom. The highest BCUT2D eigenvalue weighted by atomic mass is 35.5. The molecule has 1 aliphatic rings. The van der Waals surface area contributed by atoms with Gasteiger partial charge in [-0.3, -0.25) is 0 Å². The molecule has 0 atom stereocenters. The monoisotopic (exact) mass is 280 g/mol. The van der Waals surface area contributed by atoms with Gasteiger partial charge in [0, 0.05) is 24.7 Å². The summed E-state index contributed by atoms with van der Waals surface area (Å²) >= 11 is 5.83. The maximum absolute atomic E-state index is 10.7. The highest BCUT2D eigenvalue weighted by Crippen LogP contribution is 2.25. The fourth-order valence-electron chi connectivity index (χ4n) is 2.60. The van der Waals surface area contributed by atoms with Gasteiger partial charge in [0.1, 0.15) is 0 Å². The van der Waals surface area contributed by atoms with Crippen LogP contribution >= 0.6 is 11.6 Å². The van der Waals surface area contributed by atoms with Gasteiger partial charge < -0.3 is 14.6 Å². The minimum Gasteiger partial charge on any atom is -0.388 e. The van der Waals surface area contributed by atoms with Crippen LogP contribution in [0.25, 0.3) is 11.0 Å². The standard InChI is InChI=1S/C13H17ClN4O/c1-17-6-3-13(19,4-7-17)9-18-5-2-10-8-11(14)15-16-12(10)18/h2,5,8,19H,3-4,6-7,9H2,1H3. The van der Waals surface area contributed by atoms with E-state index in [1.807, 2.05) is 16.8 Å². The van der Waals surface area contributed by atoms with Crippen LogP contribution in [-0.4, -0.2) is 50.5 Å². The molecule has 2 aromatic heterocycles. The van der Waals surface area contributed by atoms with E-state index >= 15 is 0 Å². The van der Waals surface area contributed by atoms with Crippen LogP contribution in [0.4, 0.5) is 0 Å². The molecule has 102 valence electrons. The number of piperidine rings is 1. The third-order valence-electron chi connectivity index (χ3n) is 3.86. The van der Waals surface area contributed by atoms with E-state index in [9.17, 15) is 5.11 Å². The summed E-state index contributed by atoms with van der Waals surface area (Å²) in [6.45, 7) is 2.40. The molecule has 5 nitrogen and oxygen atoms in total. The van der Waals surface area contributed by atoms with Crippen LogP contribution in [0.2, 0.25) is 5.15 Å². The molecule has 19 heavy (non-hydrogen) atoms. The largest absolute Gasteiger partial charge is 0.388 e. The molecule has 0 unspecified atom stereocenters. The van der Waals surface area contributed by atoms with Crippen molar-refractivity contribution in [1.29, 1.82) is 0 Å². The van der Waals surface area contributed by atoms with Gasteiger partial charge >= 0.3 is 0 Å². The number of aliphatic hydroxyl groups is 1. The smallest absolute Gasteiger partial charge is 0.162 e. The number of hydrogen-bond acceptors (Lipinski definition) is 4. The van der Waals surface area contributed by atoms with E-state index in [0.717, 1.165) is 37.0 Å². The second-order valence-electron chi connectivity index (χ2n) is 5.42. The minimum atomic E-state index is -0.653.